The van der Waals surface area contributed by atoms with E-state index in [0.29, 0.717) is 17.6 Å². The number of carbonyl (C=O) groups is 1. The second-order valence-corrected chi connectivity index (χ2v) is 9.69. The highest BCUT2D eigenvalue weighted by molar-refractivity contribution is 6.34. The number of amides is 2. The Morgan fingerprint density at radius 2 is 1.71 bits per heavy atom. The first-order valence-corrected chi connectivity index (χ1v) is 11.6. The van der Waals surface area contributed by atoms with Gasteiger partial charge in [-0.05, 0) is 38.0 Å². The van der Waals surface area contributed by atoms with Crippen LogP contribution in [0.15, 0.2) is 48.5 Å². The Morgan fingerprint density at radius 1 is 1.00 bits per heavy atom. The number of halogens is 1. The van der Waals surface area contributed by atoms with Crippen LogP contribution in [-0.4, -0.2) is 61.1 Å². The van der Waals surface area contributed by atoms with Crippen LogP contribution in [0.2, 0.25) is 5.02 Å². The van der Waals surface area contributed by atoms with Gasteiger partial charge >= 0.3 is 6.03 Å². The van der Waals surface area contributed by atoms with Crippen molar-refractivity contribution in [3.63, 3.8) is 0 Å². The molecule has 2 fully saturated rings. The molecule has 2 aromatic carbocycles. The Balaban J connectivity index is 1.47. The minimum atomic E-state index is -0.0742. The molecule has 1 unspecified atom stereocenters. The molecule has 6 heteroatoms. The Labute approximate surface area is 191 Å². The monoisotopic (exact) mass is 440 g/mol. The zero-order valence-corrected chi connectivity index (χ0v) is 19.5. The van der Waals surface area contributed by atoms with Crippen molar-refractivity contribution in [1.29, 1.82) is 0 Å². The third-order valence-electron chi connectivity index (χ3n) is 6.84. The molecule has 0 aromatic heterocycles. The van der Waals surface area contributed by atoms with Crippen LogP contribution in [0.3, 0.4) is 0 Å². The standard InChI is InChI=1S/C25H33ClN4O/c1-19(2)28-14-16-29(17-15-28)22-11-7-10-21(26)23(22)27-24(31)30-13-12-25(3,18-30)20-8-5-4-6-9-20/h4-11,19H,12-18H2,1-3H3,(H,27,31). The zero-order chi connectivity index (χ0) is 22.0. The van der Waals surface area contributed by atoms with Crippen LogP contribution in [-0.2, 0) is 5.41 Å². The number of nitrogens with zero attached hydrogens (tertiary/aromatic N) is 3. The van der Waals surface area contributed by atoms with Gasteiger partial charge in [0, 0.05) is 50.7 Å². The Morgan fingerprint density at radius 3 is 2.39 bits per heavy atom. The Kier molecular flexibility index (Phi) is 6.44. The van der Waals surface area contributed by atoms with Gasteiger partial charge in [-0.1, -0.05) is 54.9 Å². The number of hydrogen-bond donors (Lipinski definition) is 1. The topological polar surface area (TPSA) is 38.8 Å². The quantitative estimate of drug-likeness (QED) is 0.721. The molecule has 2 saturated heterocycles. The molecule has 0 spiro atoms. The molecule has 2 aliphatic rings. The molecule has 0 aliphatic carbocycles. The number of piperazine rings is 1. The molecule has 0 bridgehead atoms. The lowest BCUT2D eigenvalue weighted by atomic mass is 9.82. The summed E-state index contributed by atoms with van der Waals surface area (Å²) in [5, 5.41) is 3.73. The maximum Gasteiger partial charge on any atom is 0.321 e. The highest BCUT2D eigenvalue weighted by atomic mass is 35.5. The van der Waals surface area contributed by atoms with Crippen molar-refractivity contribution in [3.8, 4) is 0 Å². The van der Waals surface area contributed by atoms with Gasteiger partial charge in [0.1, 0.15) is 0 Å². The molecular formula is C25H33ClN4O. The number of para-hydroxylation sites is 1. The third kappa shape index (κ3) is 4.68. The summed E-state index contributed by atoms with van der Waals surface area (Å²) in [4.78, 5) is 19.9. The number of rotatable bonds is 4. The first-order chi connectivity index (χ1) is 14.9. The lowest BCUT2D eigenvalue weighted by Crippen LogP contribution is -2.49. The molecular weight excluding hydrogens is 408 g/mol. The molecule has 2 aromatic rings. The number of hydrogen-bond acceptors (Lipinski definition) is 3. The van der Waals surface area contributed by atoms with E-state index in [4.69, 9.17) is 11.6 Å². The fourth-order valence-corrected chi connectivity index (χ4v) is 4.99. The second kappa shape index (κ2) is 9.09. The molecule has 0 saturated carbocycles. The Hall–Kier alpha value is -2.24. The summed E-state index contributed by atoms with van der Waals surface area (Å²) in [5.41, 5.74) is 3.00. The summed E-state index contributed by atoms with van der Waals surface area (Å²) in [6, 6.07) is 16.8. The SMILES string of the molecule is CC(C)N1CCN(c2cccc(Cl)c2NC(=O)N2CCC(C)(c3ccccc3)C2)CC1. The number of likely N-dealkylation sites (tertiary alicyclic amines) is 1. The van der Waals surface area contributed by atoms with E-state index in [2.05, 4.69) is 66.2 Å². The zero-order valence-electron chi connectivity index (χ0n) is 18.8. The summed E-state index contributed by atoms with van der Waals surface area (Å²) < 4.78 is 0. The highest BCUT2D eigenvalue weighted by Crippen LogP contribution is 2.37. The fraction of sp³-hybridized carbons (Fsp3) is 0.480. The molecule has 1 N–H and O–H groups in total. The van der Waals surface area contributed by atoms with Crippen LogP contribution in [0.1, 0.15) is 32.8 Å². The largest absolute Gasteiger partial charge is 0.367 e. The smallest absolute Gasteiger partial charge is 0.321 e. The normalized spacial score (nSPS) is 22.2. The van der Waals surface area contributed by atoms with E-state index in [0.717, 1.165) is 50.5 Å². The van der Waals surface area contributed by atoms with Crippen LogP contribution >= 0.6 is 11.6 Å². The first-order valence-electron chi connectivity index (χ1n) is 11.3. The van der Waals surface area contributed by atoms with E-state index in [1.54, 1.807) is 0 Å². The van der Waals surface area contributed by atoms with Crippen molar-refractivity contribution < 1.29 is 4.79 Å². The molecule has 2 heterocycles. The average molecular weight is 441 g/mol. The predicted molar refractivity (Wildman–Crippen MR) is 129 cm³/mol. The lowest BCUT2D eigenvalue weighted by molar-refractivity contribution is 0.209. The minimum absolute atomic E-state index is 0.0188. The summed E-state index contributed by atoms with van der Waals surface area (Å²) >= 11 is 6.56. The van der Waals surface area contributed by atoms with E-state index >= 15 is 0 Å². The number of anilines is 2. The fourth-order valence-electron chi connectivity index (χ4n) is 4.78. The van der Waals surface area contributed by atoms with E-state index in [1.807, 2.05) is 23.1 Å². The molecule has 31 heavy (non-hydrogen) atoms. The van der Waals surface area contributed by atoms with Gasteiger partial charge in [-0.15, -0.1) is 0 Å². The number of carbonyl (C=O) groups excluding carboxylic acids is 1. The van der Waals surface area contributed by atoms with Gasteiger partial charge in [0.2, 0.25) is 0 Å². The van der Waals surface area contributed by atoms with Gasteiger partial charge in [-0.25, -0.2) is 4.79 Å². The molecule has 1 atom stereocenters. The summed E-state index contributed by atoms with van der Waals surface area (Å²) in [6.45, 7) is 12.0. The maximum atomic E-state index is 13.2. The van der Waals surface area contributed by atoms with Crippen molar-refractivity contribution >= 4 is 29.0 Å². The van der Waals surface area contributed by atoms with E-state index in [-0.39, 0.29) is 11.4 Å². The van der Waals surface area contributed by atoms with Crippen molar-refractivity contribution in [1.82, 2.24) is 9.80 Å². The first kappa shape index (κ1) is 22.0. The molecule has 5 nitrogen and oxygen atoms in total. The maximum absolute atomic E-state index is 13.2. The third-order valence-corrected chi connectivity index (χ3v) is 7.16. The van der Waals surface area contributed by atoms with Gasteiger partial charge < -0.3 is 15.1 Å². The minimum Gasteiger partial charge on any atom is -0.367 e. The summed E-state index contributed by atoms with van der Waals surface area (Å²) in [6.07, 6.45) is 0.955. The molecule has 4 rings (SSSR count). The van der Waals surface area contributed by atoms with Gasteiger partial charge in [-0.3, -0.25) is 4.90 Å². The molecule has 0 radical (unpaired) electrons. The van der Waals surface area contributed by atoms with E-state index in [1.165, 1.54) is 5.56 Å². The predicted octanol–water partition coefficient (Wildman–Crippen LogP) is 5.07. The van der Waals surface area contributed by atoms with Crippen LogP contribution in [0.25, 0.3) is 0 Å². The number of benzene rings is 2. The van der Waals surface area contributed by atoms with Crippen LogP contribution in [0, 0.1) is 0 Å². The number of nitrogens with one attached hydrogen (secondary N) is 1. The lowest BCUT2D eigenvalue weighted by Gasteiger charge is -2.39. The van der Waals surface area contributed by atoms with Crippen LogP contribution in [0.5, 0.6) is 0 Å². The van der Waals surface area contributed by atoms with Gasteiger partial charge in [0.15, 0.2) is 0 Å². The average Bonchev–Trinajstić information content (AvgIpc) is 3.19. The summed E-state index contributed by atoms with van der Waals surface area (Å²) in [7, 11) is 0. The van der Waals surface area contributed by atoms with Crippen LogP contribution in [0.4, 0.5) is 16.2 Å². The molecule has 166 valence electrons. The number of urea groups is 1. The molecule has 2 amide bonds. The van der Waals surface area contributed by atoms with E-state index in [9.17, 15) is 4.79 Å². The van der Waals surface area contributed by atoms with Crippen molar-refractivity contribution in [2.75, 3.05) is 49.5 Å². The van der Waals surface area contributed by atoms with Gasteiger partial charge in [-0.2, -0.15) is 0 Å². The Bertz CT molecular complexity index is 911. The van der Waals surface area contributed by atoms with Crippen molar-refractivity contribution in [2.24, 2.45) is 0 Å². The van der Waals surface area contributed by atoms with E-state index < -0.39 is 0 Å². The summed E-state index contributed by atoms with van der Waals surface area (Å²) in [5.74, 6) is 0. The van der Waals surface area contributed by atoms with Crippen molar-refractivity contribution in [3.05, 3.63) is 59.1 Å². The molecule has 2 aliphatic heterocycles. The second-order valence-electron chi connectivity index (χ2n) is 9.28. The highest BCUT2D eigenvalue weighted by Gasteiger charge is 2.37. The van der Waals surface area contributed by atoms with Crippen LogP contribution < -0.4 is 10.2 Å². The van der Waals surface area contributed by atoms with Gasteiger partial charge in [0.25, 0.3) is 0 Å². The van der Waals surface area contributed by atoms with Gasteiger partial charge in [0.05, 0.1) is 16.4 Å². The van der Waals surface area contributed by atoms with Crippen molar-refractivity contribution in [2.45, 2.75) is 38.6 Å².